The number of carboxylic acids is 2. The van der Waals surface area contributed by atoms with Gasteiger partial charge in [-0.3, -0.25) is 19.6 Å². The molecule has 31 heavy (non-hydrogen) atoms. The molecule has 2 N–H and O–H groups in total. The van der Waals surface area contributed by atoms with Crippen molar-refractivity contribution in [3.63, 3.8) is 0 Å². The van der Waals surface area contributed by atoms with Crippen LogP contribution in [0, 0.1) is 6.92 Å². The first kappa shape index (κ1) is 27.0. The molecule has 4 atom stereocenters. The van der Waals surface area contributed by atoms with E-state index in [0.717, 1.165) is 17.6 Å². The predicted octanol–water partition coefficient (Wildman–Crippen LogP) is 2.59. The van der Waals surface area contributed by atoms with Crippen LogP contribution in [0.5, 0.6) is 0 Å². The van der Waals surface area contributed by atoms with E-state index in [1.807, 2.05) is 0 Å². The minimum atomic E-state index is -1.22. The minimum Gasteiger partial charge on any atom is -0.478 e. The van der Waals surface area contributed by atoms with Crippen LogP contribution in [0.1, 0.15) is 54.0 Å². The van der Waals surface area contributed by atoms with Crippen LogP contribution in [0.25, 0.3) is 0 Å². The van der Waals surface area contributed by atoms with Gasteiger partial charge in [-0.15, -0.1) is 0 Å². The maximum Gasteiger partial charge on any atom is 0.336 e. The zero-order chi connectivity index (χ0) is 24.0. The summed E-state index contributed by atoms with van der Waals surface area (Å²) in [6.45, 7) is 13.1. The van der Waals surface area contributed by atoms with Gasteiger partial charge in [-0.05, 0) is 74.9 Å². The molecule has 1 aromatic rings. The number of aryl methyl sites for hydroxylation is 1. The van der Waals surface area contributed by atoms with Crippen LogP contribution in [-0.4, -0.2) is 107 Å². The van der Waals surface area contributed by atoms with E-state index in [0.29, 0.717) is 12.3 Å². The fraction of sp³-hybridized carbons (Fsp3) is 0.652. The van der Waals surface area contributed by atoms with Crippen molar-refractivity contribution in [1.82, 2.24) is 19.6 Å². The van der Waals surface area contributed by atoms with E-state index in [2.05, 4.69) is 75.5 Å². The Bertz CT molecular complexity index is 707. The van der Waals surface area contributed by atoms with Gasteiger partial charge >= 0.3 is 11.9 Å². The van der Waals surface area contributed by atoms with Gasteiger partial charge in [-0.1, -0.05) is 11.6 Å². The maximum atomic E-state index is 10.6. The molecule has 3 rings (SSSR count). The quantitative estimate of drug-likeness (QED) is 0.732. The minimum absolute atomic E-state index is 0.174. The van der Waals surface area contributed by atoms with Crippen LogP contribution < -0.4 is 0 Å². The summed E-state index contributed by atoms with van der Waals surface area (Å²) < 4.78 is 0. The number of nitrogens with zero attached hydrogens (tertiary/aromatic N) is 4. The van der Waals surface area contributed by atoms with Gasteiger partial charge in [0.05, 0.1) is 23.5 Å². The van der Waals surface area contributed by atoms with Gasteiger partial charge in [0.15, 0.2) is 0 Å². The largest absolute Gasteiger partial charge is 0.478 e. The monoisotopic (exact) mass is 436 g/mol. The van der Waals surface area contributed by atoms with Gasteiger partial charge in [-0.25, -0.2) is 9.59 Å². The molecule has 0 aromatic heterocycles. The standard InChI is InChI=1S/C9H8O4.2C7H16N2/c1-5-2-3-6(8(10)11)7(4-5)9(12)13;2*1-6-5-8(3)7(2)9(6)4/h2-4H,1H3,(H,10,11)(H,12,13);2*6-7H,5H2,1-4H3. The normalized spacial score (nSPS) is 27.3. The van der Waals surface area contributed by atoms with Crippen LogP contribution in [0.15, 0.2) is 18.2 Å². The Kier molecular flexibility index (Phi) is 10.1. The summed E-state index contributed by atoms with van der Waals surface area (Å²) in [5.41, 5.74) is 0.369. The highest BCUT2D eigenvalue weighted by atomic mass is 16.4. The van der Waals surface area contributed by atoms with Crippen LogP contribution in [-0.2, 0) is 0 Å². The van der Waals surface area contributed by atoms with E-state index >= 15 is 0 Å². The molecule has 2 aliphatic heterocycles. The number of carbonyl (C=O) groups is 2. The Morgan fingerprint density at radius 3 is 1.39 bits per heavy atom. The number of aromatic carboxylic acids is 2. The van der Waals surface area contributed by atoms with Crippen molar-refractivity contribution in [2.75, 3.05) is 41.3 Å². The first-order valence-electron chi connectivity index (χ1n) is 10.7. The van der Waals surface area contributed by atoms with Crippen LogP contribution in [0.4, 0.5) is 0 Å². The Morgan fingerprint density at radius 1 is 0.774 bits per heavy atom. The number of benzene rings is 1. The maximum absolute atomic E-state index is 10.6. The third kappa shape index (κ3) is 7.28. The average molecular weight is 437 g/mol. The van der Waals surface area contributed by atoms with Gasteiger partial charge < -0.3 is 10.2 Å². The fourth-order valence-corrected chi connectivity index (χ4v) is 3.78. The van der Waals surface area contributed by atoms with Crippen molar-refractivity contribution in [3.05, 3.63) is 34.9 Å². The van der Waals surface area contributed by atoms with Crippen LogP contribution in [0.2, 0.25) is 0 Å². The highest BCUT2D eigenvalue weighted by Crippen LogP contribution is 2.15. The lowest BCUT2D eigenvalue weighted by molar-refractivity contribution is 0.0651. The zero-order valence-electron chi connectivity index (χ0n) is 20.5. The smallest absolute Gasteiger partial charge is 0.336 e. The van der Waals surface area contributed by atoms with Crippen molar-refractivity contribution < 1.29 is 19.8 Å². The Balaban J connectivity index is 0.000000239. The van der Waals surface area contributed by atoms with Crippen molar-refractivity contribution >= 4 is 11.9 Å². The topological polar surface area (TPSA) is 87.6 Å². The Morgan fingerprint density at radius 2 is 1.16 bits per heavy atom. The molecule has 8 heteroatoms. The van der Waals surface area contributed by atoms with E-state index in [1.54, 1.807) is 13.0 Å². The van der Waals surface area contributed by atoms with Gasteiger partial charge in [-0.2, -0.15) is 0 Å². The third-order valence-electron chi connectivity index (χ3n) is 6.59. The molecule has 0 bridgehead atoms. The zero-order valence-corrected chi connectivity index (χ0v) is 20.5. The molecule has 0 radical (unpaired) electrons. The molecule has 2 fully saturated rings. The highest BCUT2D eigenvalue weighted by molar-refractivity contribution is 6.01. The summed E-state index contributed by atoms with van der Waals surface area (Å²) in [6, 6.07) is 5.65. The van der Waals surface area contributed by atoms with Crippen molar-refractivity contribution in [2.24, 2.45) is 0 Å². The Hall–Kier alpha value is -2.00. The number of hydrogen-bond acceptors (Lipinski definition) is 6. The van der Waals surface area contributed by atoms with Crippen LogP contribution in [0.3, 0.4) is 0 Å². The molecule has 4 unspecified atom stereocenters. The number of hydrogen-bond donors (Lipinski definition) is 2. The molecular formula is C23H40N4O4. The van der Waals surface area contributed by atoms with Gasteiger partial charge in [0.25, 0.3) is 0 Å². The molecule has 2 aliphatic rings. The van der Waals surface area contributed by atoms with E-state index < -0.39 is 11.9 Å². The van der Waals surface area contributed by atoms with Crippen molar-refractivity contribution in [2.45, 2.75) is 59.0 Å². The molecule has 2 heterocycles. The summed E-state index contributed by atoms with van der Waals surface area (Å²) in [5.74, 6) is -2.45. The summed E-state index contributed by atoms with van der Waals surface area (Å²) in [6.07, 6.45) is 1.25. The third-order valence-corrected chi connectivity index (χ3v) is 6.59. The number of carboxylic acid groups (broad SMARTS) is 2. The highest BCUT2D eigenvalue weighted by Gasteiger charge is 2.28. The molecule has 0 spiro atoms. The number of likely N-dealkylation sites (N-methyl/N-ethyl adjacent to an activating group) is 4. The molecule has 0 amide bonds. The Labute approximate surface area is 187 Å². The average Bonchev–Trinajstić information content (AvgIpc) is 3.05. The second-order valence-corrected chi connectivity index (χ2v) is 8.83. The summed E-state index contributed by atoms with van der Waals surface area (Å²) in [5, 5.41) is 17.3. The molecule has 0 aliphatic carbocycles. The van der Waals surface area contributed by atoms with E-state index in [-0.39, 0.29) is 11.1 Å². The van der Waals surface area contributed by atoms with E-state index in [1.165, 1.54) is 25.2 Å². The van der Waals surface area contributed by atoms with Gasteiger partial charge in [0.1, 0.15) is 0 Å². The second kappa shape index (κ2) is 11.6. The lowest BCUT2D eigenvalue weighted by Gasteiger charge is -2.21. The van der Waals surface area contributed by atoms with Crippen molar-refractivity contribution in [3.8, 4) is 0 Å². The summed E-state index contributed by atoms with van der Waals surface area (Å²) in [4.78, 5) is 30.7. The molecular weight excluding hydrogens is 396 g/mol. The fourth-order valence-electron chi connectivity index (χ4n) is 3.78. The lowest BCUT2D eigenvalue weighted by atomic mass is 10.0. The molecule has 176 valence electrons. The van der Waals surface area contributed by atoms with Crippen molar-refractivity contribution in [1.29, 1.82) is 0 Å². The van der Waals surface area contributed by atoms with E-state index in [9.17, 15) is 9.59 Å². The summed E-state index contributed by atoms with van der Waals surface area (Å²) >= 11 is 0. The van der Waals surface area contributed by atoms with Gasteiger partial charge in [0.2, 0.25) is 0 Å². The first-order valence-corrected chi connectivity index (χ1v) is 10.7. The van der Waals surface area contributed by atoms with E-state index in [4.69, 9.17) is 10.2 Å². The molecule has 1 aromatic carbocycles. The molecule has 8 nitrogen and oxygen atoms in total. The second-order valence-electron chi connectivity index (χ2n) is 8.83. The predicted molar refractivity (Wildman–Crippen MR) is 124 cm³/mol. The lowest BCUT2D eigenvalue weighted by Crippen LogP contribution is -2.32. The summed E-state index contributed by atoms with van der Waals surface area (Å²) in [7, 11) is 8.70. The SMILES string of the molecule is CC1CN(C)C(C)N1C.CC1CN(C)C(C)N1C.Cc1ccc(C(=O)O)c(C(=O)O)c1. The van der Waals surface area contributed by atoms with Crippen LogP contribution >= 0.6 is 0 Å². The first-order chi connectivity index (χ1) is 14.3. The van der Waals surface area contributed by atoms with Gasteiger partial charge in [0, 0.05) is 25.2 Å². The number of rotatable bonds is 2. The molecule has 2 saturated heterocycles. The molecule has 0 saturated carbocycles.